The van der Waals surface area contributed by atoms with E-state index in [1.54, 1.807) is 18.2 Å². The molecule has 0 unspecified atom stereocenters. The highest BCUT2D eigenvalue weighted by Gasteiger charge is 2.27. The number of hydrogen-bond acceptors (Lipinski definition) is 7. The molecule has 1 fully saturated rings. The quantitative estimate of drug-likeness (QED) is 0.622. The molecule has 1 aromatic heterocycles. The molecule has 0 spiro atoms. The third-order valence-electron chi connectivity index (χ3n) is 5.80. The number of benzene rings is 1. The maximum absolute atomic E-state index is 12.8. The Labute approximate surface area is 197 Å². The van der Waals surface area contributed by atoms with Crippen molar-refractivity contribution in [1.29, 1.82) is 0 Å². The number of aromatic nitrogens is 2. The van der Waals surface area contributed by atoms with Crippen LogP contribution in [0.2, 0.25) is 0 Å². The van der Waals surface area contributed by atoms with Crippen molar-refractivity contribution < 1.29 is 23.9 Å². The van der Waals surface area contributed by atoms with E-state index < -0.39 is 11.9 Å². The molecule has 2 aliphatic rings. The normalized spacial score (nSPS) is 19.5. The van der Waals surface area contributed by atoms with Crippen molar-refractivity contribution in [3.8, 4) is 11.5 Å². The average Bonchev–Trinajstić information content (AvgIpc) is 3.70. The van der Waals surface area contributed by atoms with Gasteiger partial charge in [-0.05, 0) is 44.2 Å². The number of nitrogens with zero attached hydrogens (tertiary/aromatic N) is 2. The van der Waals surface area contributed by atoms with Crippen LogP contribution in [0.1, 0.15) is 64.6 Å². The first-order valence-corrected chi connectivity index (χ1v) is 11.5. The lowest BCUT2D eigenvalue weighted by Crippen LogP contribution is -2.47. The van der Waals surface area contributed by atoms with E-state index in [-0.39, 0.29) is 25.0 Å². The third-order valence-corrected chi connectivity index (χ3v) is 5.80. The van der Waals surface area contributed by atoms with Gasteiger partial charge in [0.05, 0.1) is 24.8 Å². The second-order valence-corrected chi connectivity index (χ2v) is 8.38. The Morgan fingerprint density at radius 1 is 1.09 bits per heavy atom. The Kier molecular flexibility index (Phi) is 7.56. The number of rotatable bonds is 4. The monoisotopic (exact) mass is 467 g/mol. The van der Waals surface area contributed by atoms with E-state index in [0.29, 0.717) is 54.4 Å². The molecule has 3 amide bonds. The van der Waals surface area contributed by atoms with E-state index in [9.17, 15) is 14.4 Å². The van der Waals surface area contributed by atoms with Gasteiger partial charge in [0.15, 0.2) is 0 Å². The summed E-state index contributed by atoms with van der Waals surface area (Å²) in [5.74, 6) is 1.18. The number of fused-ring (bicyclic) bond motifs is 1. The molecule has 0 saturated heterocycles. The third kappa shape index (κ3) is 6.00. The van der Waals surface area contributed by atoms with Crippen LogP contribution in [0.5, 0.6) is 11.5 Å². The van der Waals surface area contributed by atoms with Crippen molar-refractivity contribution in [1.82, 2.24) is 25.9 Å². The molecular weight excluding hydrogens is 438 g/mol. The zero-order chi connectivity index (χ0) is 23.9. The molecule has 3 N–H and O–H groups in total. The topological polar surface area (TPSA) is 132 Å². The van der Waals surface area contributed by atoms with Gasteiger partial charge in [0.2, 0.25) is 5.91 Å². The molecule has 1 aliphatic heterocycles. The SMILES string of the molecule is COc1ccc2c(c1)OCCNC(=O)[C@@H](NC(=O)c1cnc(C3CC3)nc1)CCCCNC2=O. The number of hydrogen-bond donors (Lipinski definition) is 3. The number of nitrogens with one attached hydrogen (secondary N) is 3. The minimum atomic E-state index is -0.721. The summed E-state index contributed by atoms with van der Waals surface area (Å²) in [6, 6.07) is 4.27. The van der Waals surface area contributed by atoms with Gasteiger partial charge < -0.3 is 25.4 Å². The molecule has 10 heteroatoms. The average molecular weight is 468 g/mol. The highest BCUT2D eigenvalue weighted by molar-refractivity contribution is 5.97. The van der Waals surface area contributed by atoms with E-state index in [1.165, 1.54) is 19.5 Å². The number of carbonyl (C=O) groups excluding carboxylic acids is 3. The minimum absolute atomic E-state index is 0.149. The highest BCUT2D eigenvalue weighted by atomic mass is 16.5. The first-order chi connectivity index (χ1) is 16.5. The number of carbonyl (C=O) groups is 3. The van der Waals surface area contributed by atoms with E-state index in [4.69, 9.17) is 9.47 Å². The fourth-order valence-electron chi connectivity index (χ4n) is 3.68. The Hall–Kier alpha value is -3.69. The second-order valence-electron chi connectivity index (χ2n) is 8.38. The van der Waals surface area contributed by atoms with Crippen molar-refractivity contribution in [2.24, 2.45) is 0 Å². The van der Waals surface area contributed by atoms with Gasteiger partial charge in [-0.25, -0.2) is 9.97 Å². The summed E-state index contributed by atoms with van der Waals surface area (Å²) < 4.78 is 11.0. The van der Waals surface area contributed by atoms with Crippen molar-refractivity contribution in [2.75, 3.05) is 26.8 Å². The van der Waals surface area contributed by atoms with E-state index in [2.05, 4.69) is 25.9 Å². The highest BCUT2D eigenvalue weighted by Crippen LogP contribution is 2.37. The van der Waals surface area contributed by atoms with Crippen molar-refractivity contribution >= 4 is 17.7 Å². The number of amides is 3. The van der Waals surface area contributed by atoms with Crippen LogP contribution in [0, 0.1) is 0 Å². The minimum Gasteiger partial charge on any atom is -0.497 e. The predicted octanol–water partition coefficient (Wildman–Crippen LogP) is 1.57. The van der Waals surface area contributed by atoms with Gasteiger partial charge in [0, 0.05) is 30.9 Å². The van der Waals surface area contributed by atoms with Crippen LogP contribution in [-0.2, 0) is 4.79 Å². The van der Waals surface area contributed by atoms with Crippen LogP contribution in [0.25, 0.3) is 0 Å². The number of methoxy groups -OCH3 is 1. The Morgan fingerprint density at radius 2 is 1.88 bits per heavy atom. The van der Waals surface area contributed by atoms with Crippen LogP contribution in [0.15, 0.2) is 30.6 Å². The van der Waals surface area contributed by atoms with Crippen LogP contribution < -0.4 is 25.4 Å². The lowest BCUT2D eigenvalue weighted by atomic mass is 10.1. The van der Waals surface area contributed by atoms with Crippen molar-refractivity contribution in [3.05, 3.63) is 47.5 Å². The van der Waals surface area contributed by atoms with Crippen molar-refractivity contribution in [3.63, 3.8) is 0 Å². The summed E-state index contributed by atoms with van der Waals surface area (Å²) in [5.41, 5.74) is 0.724. The van der Waals surface area contributed by atoms with Gasteiger partial charge in [0.1, 0.15) is 30.0 Å². The molecule has 1 aliphatic carbocycles. The molecule has 0 bridgehead atoms. The predicted molar refractivity (Wildman–Crippen MR) is 123 cm³/mol. The fourth-order valence-corrected chi connectivity index (χ4v) is 3.68. The second kappa shape index (κ2) is 11.0. The summed E-state index contributed by atoms with van der Waals surface area (Å²) in [7, 11) is 1.53. The van der Waals surface area contributed by atoms with Gasteiger partial charge in [-0.15, -0.1) is 0 Å². The molecule has 180 valence electrons. The molecule has 1 saturated carbocycles. The largest absolute Gasteiger partial charge is 0.497 e. The molecule has 4 rings (SSSR count). The molecule has 10 nitrogen and oxygen atoms in total. The van der Waals surface area contributed by atoms with Gasteiger partial charge >= 0.3 is 0 Å². The fraction of sp³-hybridized carbons (Fsp3) is 0.458. The Morgan fingerprint density at radius 3 is 2.62 bits per heavy atom. The smallest absolute Gasteiger partial charge is 0.255 e. The summed E-state index contributed by atoms with van der Waals surface area (Å²) in [6.45, 7) is 0.794. The maximum atomic E-state index is 12.8. The van der Waals surface area contributed by atoms with Gasteiger partial charge in [0.25, 0.3) is 11.8 Å². The molecule has 1 aromatic carbocycles. The molecule has 1 atom stereocenters. The molecule has 2 aromatic rings. The summed E-state index contributed by atoms with van der Waals surface area (Å²) in [5, 5.41) is 8.48. The van der Waals surface area contributed by atoms with Gasteiger partial charge in [-0.1, -0.05) is 0 Å². The zero-order valence-corrected chi connectivity index (χ0v) is 19.1. The van der Waals surface area contributed by atoms with Gasteiger partial charge in [-0.3, -0.25) is 14.4 Å². The molecule has 34 heavy (non-hydrogen) atoms. The maximum Gasteiger partial charge on any atom is 0.255 e. The molecule has 0 radical (unpaired) electrons. The van der Waals surface area contributed by atoms with E-state index >= 15 is 0 Å². The first-order valence-electron chi connectivity index (χ1n) is 11.5. The summed E-state index contributed by atoms with van der Waals surface area (Å²) in [4.78, 5) is 46.7. The van der Waals surface area contributed by atoms with Crippen LogP contribution in [-0.4, -0.2) is 60.5 Å². The standard InChI is InChI=1S/C24H29N5O5/c1-33-17-7-8-18-20(12-17)34-11-10-26-24(32)19(4-2-3-9-25-23(18)31)29-22(30)16-13-27-21(28-14-16)15-5-6-15/h7-8,12-15,19H,2-6,9-11H2,1H3,(H,25,31)(H,26,32)(H,29,30)/t19-/m0/s1. The lowest BCUT2D eigenvalue weighted by Gasteiger charge is -2.20. The van der Waals surface area contributed by atoms with Crippen LogP contribution >= 0.6 is 0 Å². The van der Waals surface area contributed by atoms with E-state index in [0.717, 1.165) is 18.7 Å². The number of ether oxygens (including phenoxy) is 2. The summed E-state index contributed by atoms with van der Waals surface area (Å²) in [6.07, 6.45) is 6.90. The first kappa shape index (κ1) is 23.5. The summed E-state index contributed by atoms with van der Waals surface area (Å²) >= 11 is 0. The van der Waals surface area contributed by atoms with Crippen LogP contribution in [0.4, 0.5) is 0 Å². The Balaban J connectivity index is 1.40. The van der Waals surface area contributed by atoms with Crippen molar-refractivity contribution in [2.45, 2.75) is 44.1 Å². The Bertz CT molecular complexity index is 1040. The molecular formula is C24H29N5O5. The lowest BCUT2D eigenvalue weighted by molar-refractivity contribution is -0.123. The zero-order valence-electron chi connectivity index (χ0n) is 19.1. The molecule has 2 heterocycles. The van der Waals surface area contributed by atoms with Gasteiger partial charge in [-0.2, -0.15) is 0 Å². The van der Waals surface area contributed by atoms with E-state index in [1.807, 2.05) is 0 Å². The van der Waals surface area contributed by atoms with Crippen LogP contribution in [0.3, 0.4) is 0 Å².